The van der Waals surface area contributed by atoms with Gasteiger partial charge in [0.05, 0.1) is 6.61 Å². The Hall–Kier alpha value is -4.04. The number of hydrogen-bond donors (Lipinski definition) is 0. The van der Waals surface area contributed by atoms with Gasteiger partial charge in [-0.15, -0.1) is 11.3 Å². The zero-order chi connectivity index (χ0) is 34.6. The molecule has 13 heteroatoms. The van der Waals surface area contributed by atoms with E-state index in [1.165, 1.54) is 27.7 Å². The first-order chi connectivity index (χ1) is 22.8. The Balaban J connectivity index is 1.57. The largest absolute Gasteiger partial charge is 0.490 e. The first kappa shape index (κ1) is 35.3. The molecule has 1 aromatic heterocycles. The summed E-state index contributed by atoms with van der Waals surface area (Å²) in [6.45, 7) is 8.56. The highest BCUT2D eigenvalue weighted by atomic mass is 32.1. The monoisotopic (exact) mass is 684 g/mol. The van der Waals surface area contributed by atoms with Crippen molar-refractivity contribution in [3.05, 3.63) is 64.5 Å². The first-order valence-electron chi connectivity index (χ1n) is 15.6. The van der Waals surface area contributed by atoms with Crippen molar-refractivity contribution in [2.75, 3.05) is 19.8 Å². The number of ether oxygens (including phenoxy) is 8. The lowest BCUT2D eigenvalue weighted by molar-refractivity contribution is -0.254. The van der Waals surface area contributed by atoms with Gasteiger partial charge in [0.1, 0.15) is 37.3 Å². The molecule has 0 spiro atoms. The molecular formula is C35H40O12S. The summed E-state index contributed by atoms with van der Waals surface area (Å²) in [4.78, 5) is 50.1. The van der Waals surface area contributed by atoms with Gasteiger partial charge in [-0.2, -0.15) is 0 Å². The predicted octanol–water partition coefficient (Wildman–Crippen LogP) is 4.82. The smallest absolute Gasteiger partial charge is 0.303 e. The van der Waals surface area contributed by atoms with Crippen molar-refractivity contribution >= 4 is 45.3 Å². The molecule has 2 saturated heterocycles. The van der Waals surface area contributed by atoms with Gasteiger partial charge in [-0.25, -0.2) is 0 Å². The van der Waals surface area contributed by atoms with Crippen LogP contribution in [0.2, 0.25) is 0 Å². The van der Waals surface area contributed by atoms with Crippen molar-refractivity contribution in [3.63, 3.8) is 0 Å². The Labute approximate surface area is 282 Å². The highest BCUT2D eigenvalue weighted by molar-refractivity contribution is 7.19. The Morgan fingerprint density at radius 3 is 2.17 bits per heavy atom. The zero-order valence-electron chi connectivity index (χ0n) is 27.7. The second-order valence-electron chi connectivity index (χ2n) is 12.2. The van der Waals surface area contributed by atoms with Crippen molar-refractivity contribution in [2.24, 2.45) is 0 Å². The predicted molar refractivity (Wildman–Crippen MR) is 172 cm³/mol. The summed E-state index contributed by atoms with van der Waals surface area (Å²) < 4.78 is 47.9. The summed E-state index contributed by atoms with van der Waals surface area (Å²) in [7, 11) is 0. The molecule has 1 unspecified atom stereocenters. The number of thiophene rings is 1. The number of rotatable bonds is 11. The fraction of sp³-hybridized carbons (Fsp3) is 0.486. The number of carbonyl (C=O) groups excluding carboxylic acids is 4. The van der Waals surface area contributed by atoms with Crippen LogP contribution in [0.5, 0.6) is 5.75 Å². The minimum Gasteiger partial charge on any atom is -0.490 e. The summed E-state index contributed by atoms with van der Waals surface area (Å²) in [6, 6.07) is 15.9. The van der Waals surface area contributed by atoms with Gasteiger partial charge in [-0.3, -0.25) is 19.2 Å². The summed E-state index contributed by atoms with van der Waals surface area (Å²) in [5.74, 6) is -3.07. The second kappa shape index (κ2) is 15.0. The van der Waals surface area contributed by atoms with Crippen molar-refractivity contribution in [1.82, 2.24) is 0 Å². The van der Waals surface area contributed by atoms with Crippen molar-refractivity contribution < 1.29 is 57.1 Å². The summed E-state index contributed by atoms with van der Waals surface area (Å²) in [5, 5.41) is 1.14. The van der Waals surface area contributed by atoms with Gasteiger partial charge in [0.15, 0.2) is 24.1 Å². The van der Waals surface area contributed by atoms with E-state index in [9.17, 15) is 19.2 Å². The van der Waals surface area contributed by atoms with Crippen molar-refractivity contribution in [1.29, 1.82) is 0 Å². The molecule has 2 fully saturated rings. The van der Waals surface area contributed by atoms with E-state index >= 15 is 0 Å². The van der Waals surface area contributed by atoms with Crippen LogP contribution in [-0.4, -0.2) is 80.0 Å². The minimum atomic E-state index is -1.32. The Morgan fingerprint density at radius 2 is 1.52 bits per heavy atom. The third kappa shape index (κ3) is 8.90. The molecule has 6 atom stereocenters. The normalized spacial score (nSPS) is 24.9. The lowest BCUT2D eigenvalue weighted by Gasteiger charge is -2.44. The van der Waals surface area contributed by atoms with Crippen LogP contribution in [0.3, 0.4) is 0 Å². The summed E-state index contributed by atoms with van der Waals surface area (Å²) >= 11 is 1.68. The third-order valence-electron chi connectivity index (χ3n) is 7.72. The van der Waals surface area contributed by atoms with Gasteiger partial charge < -0.3 is 37.9 Å². The quantitative estimate of drug-likeness (QED) is 0.202. The fourth-order valence-electron chi connectivity index (χ4n) is 5.89. The standard InChI is InChI=1S/C35H40O12S/c1-19(36)40-18-29-32(43-20(2)37)34(45-22(4)39)33(44-21(3)38)31(46-29)27-14-23(13-26-15-24-9-7-8-10-30(24)48-26)11-12-28(27)41-16-25-17-42-35(5,6)47-25/h7-12,14-15,25,29,31-34H,13,16-18H2,1-6H3/t25?,29-,31+,32-,33+,34+/m1/s1. The molecule has 0 aliphatic carbocycles. The van der Waals surface area contributed by atoms with Gasteiger partial charge in [0.25, 0.3) is 0 Å². The van der Waals surface area contributed by atoms with E-state index in [1.54, 1.807) is 17.4 Å². The van der Waals surface area contributed by atoms with Crippen LogP contribution in [0.25, 0.3) is 10.1 Å². The van der Waals surface area contributed by atoms with E-state index in [-0.39, 0.29) is 19.3 Å². The second-order valence-corrected chi connectivity index (χ2v) is 13.3. The number of benzene rings is 2. The number of hydrogen-bond acceptors (Lipinski definition) is 13. The fourth-order valence-corrected chi connectivity index (χ4v) is 6.99. The van der Waals surface area contributed by atoms with Crippen LogP contribution in [0.4, 0.5) is 0 Å². The molecule has 3 aromatic rings. The van der Waals surface area contributed by atoms with E-state index in [4.69, 9.17) is 37.9 Å². The van der Waals surface area contributed by atoms with Crippen LogP contribution in [0.15, 0.2) is 48.5 Å². The molecule has 258 valence electrons. The van der Waals surface area contributed by atoms with Crippen LogP contribution >= 0.6 is 11.3 Å². The summed E-state index contributed by atoms with van der Waals surface area (Å²) in [6.07, 6.45) is -5.88. The van der Waals surface area contributed by atoms with Gasteiger partial charge in [0.2, 0.25) is 0 Å². The van der Waals surface area contributed by atoms with E-state index < -0.39 is 60.2 Å². The number of esters is 4. The molecule has 3 heterocycles. The zero-order valence-corrected chi connectivity index (χ0v) is 28.5. The lowest BCUT2D eigenvalue weighted by Crippen LogP contribution is -2.59. The summed E-state index contributed by atoms with van der Waals surface area (Å²) in [5.41, 5.74) is 1.38. The van der Waals surface area contributed by atoms with E-state index in [0.717, 1.165) is 20.5 Å². The minimum absolute atomic E-state index is 0.136. The first-order valence-corrected chi connectivity index (χ1v) is 16.4. The molecule has 0 saturated carbocycles. The highest BCUT2D eigenvalue weighted by Crippen LogP contribution is 2.42. The lowest BCUT2D eigenvalue weighted by atomic mass is 9.89. The molecule has 0 N–H and O–H groups in total. The molecular weight excluding hydrogens is 644 g/mol. The van der Waals surface area contributed by atoms with Gasteiger partial charge in [-0.05, 0) is 49.1 Å². The Kier molecular flexibility index (Phi) is 11.0. The molecule has 0 bridgehead atoms. The Morgan fingerprint density at radius 1 is 0.833 bits per heavy atom. The Bertz CT molecular complexity index is 1610. The molecule has 2 aliphatic rings. The maximum Gasteiger partial charge on any atom is 0.303 e. The molecule has 0 radical (unpaired) electrons. The van der Waals surface area contributed by atoms with Crippen molar-refractivity contribution in [2.45, 2.75) is 90.4 Å². The topological polar surface area (TPSA) is 142 Å². The maximum absolute atomic E-state index is 12.5. The van der Waals surface area contributed by atoms with Gasteiger partial charge in [0, 0.05) is 49.3 Å². The van der Waals surface area contributed by atoms with Crippen molar-refractivity contribution in [3.8, 4) is 5.75 Å². The van der Waals surface area contributed by atoms with E-state index in [2.05, 4.69) is 18.2 Å². The van der Waals surface area contributed by atoms with Crippen LogP contribution in [0.1, 0.15) is 63.7 Å². The number of carbonyl (C=O) groups is 4. The van der Waals surface area contributed by atoms with Crippen LogP contribution < -0.4 is 4.74 Å². The van der Waals surface area contributed by atoms with E-state index in [0.29, 0.717) is 24.3 Å². The van der Waals surface area contributed by atoms with E-state index in [1.807, 2.05) is 38.1 Å². The molecule has 48 heavy (non-hydrogen) atoms. The molecule has 2 aliphatic heterocycles. The maximum atomic E-state index is 12.5. The molecule has 0 amide bonds. The number of fused-ring (bicyclic) bond motifs is 1. The highest BCUT2D eigenvalue weighted by Gasteiger charge is 2.53. The van der Waals surface area contributed by atoms with Crippen LogP contribution in [0, 0.1) is 0 Å². The SMILES string of the molecule is CC(=O)OC[C@H]1O[C@@H](c2cc(Cc3cc4ccccc4s3)ccc2OCC2COC(C)(C)O2)[C@H](OC(C)=O)[C@@H](OC(C)=O)[C@@H]1OC(C)=O. The van der Waals surface area contributed by atoms with Crippen LogP contribution in [-0.2, 0) is 58.8 Å². The third-order valence-corrected chi connectivity index (χ3v) is 8.83. The molecule has 2 aromatic carbocycles. The molecule has 12 nitrogen and oxygen atoms in total. The molecule has 5 rings (SSSR count). The average molecular weight is 685 g/mol. The van der Waals surface area contributed by atoms with Gasteiger partial charge >= 0.3 is 23.9 Å². The average Bonchev–Trinajstić information content (AvgIpc) is 3.58. The van der Waals surface area contributed by atoms with Gasteiger partial charge in [-0.1, -0.05) is 24.3 Å².